The highest BCUT2D eigenvalue weighted by molar-refractivity contribution is 5.67. The Morgan fingerprint density at radius 3 is 2.74 bits per heavy atom. The molecular formula is C14H27N2O3+. The van der Waals surface area contributed by atoms with Crippen molar-refractivity contribution < 1.29 is 19.5 Å². The molecular weight excluding hydrogens is 244 g/mol. The number of amides is 1. The van der Waals surface area contributed by atoms with Crippen molar-refractivity contribution in [2.45, 2.75) is 38.6 Å². The lowest BCUT2D eigenvalue weighted by atomic mass is 9.94. The SMILES string of the molecule is CCOC(=O)N1CCC([NH+]2CCC[C@@H](CO)C2)CC1. The van der Waals surface area contributed by atoms with Crippen LogP contribution in [-0.4, -0.2) is 61.5 Å². The van der Waals surface area contributed by atoms with Gasteiger partial charge < -0.3 is 19.6 Å². The average molecular weight is 271 g/mol. The van der Waals surface area contributed by atoms with Crippen LogP contribution in [0.4, 0.5) is 4.79 Å². The van der Waals surface area contributed by atoms with E-state index in [1.54, 1.807) is 4.90 Å². The van der Waals surface area contributed by atoms with Gasteiger partial charge >= 0.3 is 6.09 Å². The minimum Gasteiger partial charge on any atom is -0.450 e. The smallest absolute Gasteiger partial charge is 0.409 e. The molecule has 2 heterocycles. The van der Waals surface area contributed by atoms with Crippen LogP contribution in [0.25, 0.3) is 0 Å². The van der Waals surface area contributed by atoms with Gasteiger partial charge in [0.2, 0.25) is 0 Å². The van der Waals surface area contributed by atoms with Gasteiger partial charge in [0.25, 0.3) is 0 Å². The summed E-state index contributed by atoms with van der Waals surface area (Å²) < 4.78 is 5.04. The van der Waals surface area contributed by atoms with E-state index in [-0.39, 0.29) is 6.09 Å². The number of hydrogen-bond donors (Lipinski definition) is 2. The van der Waals surface area contributed by atoms with Crippen LogP contribution >= 0.6 is 0 Å². The number of aliphatic hydroxyl groups is 1. The summed E-state index contributed by atoms with van der Waals surface area (Å²) in [4.78, 5) is 15.1. The van der Waals surface area contributed by atoms with Gasteiger partial charge in [-0.1, -0.05) is 0 Å². The van der Waals surface area contributed by atoms with Gasteiger partial charge in [-0.3, -0.25) is 0 Å². The average Bonchev–Trinajstić information content (AvgIpc) is 2.48. The highest BCUT2D eigenvalue weighted by atomic mass is 16.6. The largest absolute Gasteiger partial charge is 0.450 e. The van der Waals surface area contributed by atoms with E-state index in [4.69, 9.17) is 4.74 Å². The van der Waals surface area contributed by atoms with Crippen LogP contribution in [0, 0.1) is 5.92 Å². The number of quaternary nitrogens is 1. The summed E-state index contributed by atoms with van der Waals surface area (Å²) in [5.41, 5.74) is 0. The Labute approximate surface area is 115 Å². The maximum Gasteiger partial charge on any atom is 0.409 e. The van der Waals surface area contributed by atoms with Gasteiger partial charge in [0.15, 0.2) is 0 Å². The van der Waals surface area contributed by atoms with Crippen molar-refractivity contribution in [1.82, 2.24) is 4.90 Å². The maximum atomic E-state index is 11.6. The van der Waals surface area contributed by atoms with E-state index in [1.165, 1.54) is 19.4 Å². The molecule has 2 fully saturated rings. The molecule has 1 amide bonds. The van der Waals surface area contributed by atoms with E-state index in [0.717, 1.165) is 32.5 Å². The number of aliphatic hydroxyl groups excluding tert-OH is 1. The molecule has 2 aliphatic heterocycles. The summed E-state index contributed by atoms with van der Waals surface area (Å²) >= 11 is 0. The highest BCUT2D eigenvalue weighted by Crippen LogP contribution is 2.12. The molecule has 2 aliphatic rings. The Kier molecular flexibility index (Phi) is 5.45. The lowest BCUT2D eigenvalue weighted by Crippen LogP contribution is -3.17. The number of piperidine rings is 2. The molecule has 0 spiro atoms. The van der Waals surface area contributed by atoms with Crippen molar-refractivity contribution in [2.75, 3.05) is 39.4 Å². The molecule has 0 saturated carbocycles. The van der Waals surface area contributed by atoms with Gasteiger partial charge in [-0.15, -0.1) is 0 Å². The van der Waals surface area contributed by atoms with Crippen LogP contribution in [-0.2, 0) is 4.74 Å². The van der Waals surface area contributed by atoms with Crippen molar-refractivity contribution in [3.63, 3.8) is 0 Å². The number of carbonyl (C=O) groups is 1. The molecule has 110 valence electrons. The van der Waals surface area contributed by atoms with Gasteiger partial charge in [0, 0.05) is 31.8 Å². The van der Waals surface area contributed by atoms with E-state index in [9.17, 15) is 9.90 Å². The number of hydrogen-bond acceptors (Lipinski definition) is 3. The van der Waals surface area contributed by atoms with Gasteiger partial charge in [-0.05, 0) is 19.8 Å². The summed E-state index contributed by atoms with van der Waals surface area (Å²) in [6, 6.07) is 0.653. The zero-order valence-corrected chi connectivity index (χ0v) is 11.9. The molecule has 2 atom stereocenters. The molecule has 19 heavy (non-hydrogen) atoms. The third-order valence-electron chi connectivity index (χ3n) is 4.52. The molecule has 0 bridgehead atoms. The van der Waals surface area contributed by atoms with Crippen molar-refractivity contribution >= 4 is 6.09 Å². The standard InChI is InChI=1S/C14H26N2O3/c1-2-19-14(18)15-8-5-13(6-9-15)16-7-3-4-12(10-16)11-17/h12-13,17H,2-11H2,1H3/p+1/t12-/m1/s1. The van der Waals surface area contributed by atoms with Gasteiger partial charge in [0.1, 0.15) is 0 Å². The third kappa shape index (κ3) is 3.83. The summed E-state index contributed by atoms with van der Waals surface area (Å²) in [5.74, 6) is 0.479. The number of nitrogens with zero attached hydrogens (tertiary/aromatic N) is 1. The number of nitrogens with one attached hydrogen (secondary N) is 1. The molecule has 5 heteroatoms. The predicted octanol–water partition coefficient (Wildman–Crippen LogP) is -0.105. The first-order chi connectivity index (χ1) is 9.24. The van der Waals surface area contributed by atoms with Crippen LogP contribution in [0.3, 0.4) is 0 Å². The number of likely N-dealkylation sites (tertiary alicyclic amines) is 2. The minimum atomic E-state index is -0.164. The molecule has 0 aliphatic carbocycles. The molecule has 2 saturated heterocycles. The first kappa shape index (κ1) is 14.6. The Morgan fingerprint density at radius 2 is 2.11 bits per heavy atom. The van der Waals surface area contributed by atoms with Crippen LogP contribution in [0.15, 0.2) is 0 Å². The second-order valence-corrected chi connectivity index (χ2v) is 5.76. The first-order valence-electron chi connectivity index (χ1n) is 7.61. The van der Waals surface area contributed by atoms with Crippen LogP contribution in [0.5, 0.6) is 0 Å². The van der Waals surface area contributed by atoms with Crippen LogP contribution < -0.4 is 4.90 Å². The Morgan fingerprint density at radius 1 is 1.37 bits per heavy atom. The van der Waals surface area contributed by atoms with E-state index in [1.807, 2.05) is 11.8 Å². The summed E-state index contributed by atoms with van der Waals surface area (Å²) in [5, 5.41) is 9.30. The van der Waals surface area contributed by atoms with Gasteiger partial charge in [-0.2, -0.15) is 0 Å². The number of rotatable bonds is 3. The second kappa shape index (κ2) is 7.10. The van der Waals surface area contributed by atoms with E-state index < -0.39 is 0 Å². The minimum absolute atomic E-state index is 0.164. The molecule has 2 rings (SSSR count). The maximum absolute atomic E-state index is 11.6. The molecule has 0 aromatic rings. The fourth-order valence-corrected chi connectivity index (χ4v) is 3.40. The van der Waals surface area contributed by atoms with Crippen molar-refractivity contribution in [2.24, 2.45) is 5.92 Å². The topological polar surface area (TPSA) is 54.2 Å². The molecule has 2 N–H and O–H groups in total. The van der Waals surface area contributed by atoms with E-state index >= 15 is 0 Å². The fourth-order valence-electron chi connectivity index (χ4n) is 3.40. The van der Waals surface area contributed by atoms with Crippen molar-refractivity contribution in [3.8, 4) is 0 Å². The predicted molar refractivity (Wildman–Crippen MR) is 72.1 cm³/mol. The fraction of sp³-hybridized carbons (Fsp3) is 0.929. The summed E-state index contributed by atoms with van der Waals surface area (Å²) in [6.45, 7) is 6.58. The van der Waals surface area contributed by atoms with Crippen LogP contribution in [0.2, 0.25) is 0 Å². The summed E-state index contributed by atoms with van der Waals surface area (Å²) in [7, 11) is 0. The van der Waals surface area contributed by atoms with Gasteiger partial charge in [0.05, 0.1) is 32.3 Å². The quantitative estimate of drug-likeness (QED) is 0.753. The highest BCUT2D eigenvalue weighted by Gasteiger charge is 2.33. The summed E-state index contributed by atoms with van der Waals surface area (Å²) in [6.07, 6.45) is 4.35. The van der Waals surface area contributed by atoms with Gasteiger partial charge in [-0.25, -0.2) is 4.79 Å². The molecule has 1 unspecified atom stereocenters. The Bertz CT molecular complexity index is 290. The van der Waals surface area contributed by atoms with E-state index in [2.05, 4.69) is 0 Å². The number of ether oxygens (including phenoxy) is 1. The normalized spacial score (nSPS) is 29.3. The van der Waals surface area contributed by atoms with Crippen LogP contribution in [0.1, 0.15) is 32.6 Å². The Hall–Kier alpha value is -0.810. The van der Waals surface area contributed by atoms with Crippen molar-refractivity contribution in [1.29, 1.82) is 0 Å². The third-order valence-corrected chi connectivity index (χ3v) is 4.52. The molecule has 0 radical (unpaired) electrons. The molecule has 5 nitrogen and oxygen atoms in total. The van der Waals surface area contributed by atoms with Crippen molar-refractivity contribution in [3.05, 3.63) is 0 Å². The monoisotopic (exact) mass is 271 g/mol. The lowest BCUT2D eigenvalue weighted by molar-refractivity contribution is -0.934. The molecule has 0 aromatic heterocycles. The first-order valence-corrected chi connectivity index (χ1v) is 7.61. The lowest BCUT2D eigenvalue weighted by Gasteiger charge is -2.39. The van der Waals surface area contributed by atoms with E-state index in [0.29, 0.717) is 25.2 Å². The zero-order valence-electron chi connectivity index (χ0n) is 11.9. The second-order valence-electron chi connectivity index (χ2n) is 5.76. The Balaban J connectivity index is 1.78. The number of carbonyl (C=O) groups excluding carboxylic acids is 1. The molecule has 0 aromatic carbocycles. The zero-order chi connectivity index (χ0) is 13.7.